The Bertz CT molecular complexity index is 640. The summed E-state index contributed by atoms with van der Waals surface area (Å²) < 4.78 is 20.9. The lowest BCUT2D eigenvalue weighted by Crippen LogP contribution is -1.94. The van der Waals surface area contributed by atoms with Crippen LogP contribution in [-0.2, 0) is 7.05 Å². The molecular formula is C13H12FN3O. The van der Waals surface area contributed by atoms with E-state index in [1.807, 2.05) is 13.0 Å². The lowest BCUT2D eigenvalue weighted by Gasteiger charge is -2.07. The largest absolute Gasteiger partial charge is 0.450 e. The van der Waals surface area contributed by atoms with Gasteiger partial charge in [0.1, 0.15) is 5.69 Å². The zero-order chi connectivity index (χ0) is 13.3. The van der Waals surface area contributed by atoms with Crippen molar-refractivity contribution in [1.29, 1.82) is 5.26 Å². The molecule has 0 aliphatic carbocycles. The quantitative estimate of drug-likeness (QED) is 0.817. The number of nitrogens with zero attached hydrogens (tertiary/aromatic N) is 3. The lowest BCUT2D eigenvalue weighted by molar-refractivity contribution is 0.436. The maximum absolute atomic E-state index is 13.7. The highest BCUT2D eigenvalue weighted by atomic mass is 19.1. The van der Waals surface area contributed by atoms with Crippen LogP contribution in [0.2, 0.25) is 0 Å². The second kappa shape index (κ2) is 4.49. The first kappa shape index (κ1) is 12.1. The van der Waals surface area contributed by atoms with Crippen molar-refractivity contribution < 1.29 is 9.13 Å². The SMILES string of the molecule is Cc1nn(C)c(C)c1Oc1ccc(C#N)cc1F. The van der Waals surface area contributed by atoms with E-state index in [1.54, 1.807) is 18.7 Å². The highest BCUT2D eigenvalue weighted by Crippen LogP contribution is 2.29. The smallest absolute Gasteiger partial charge is 0.171 e. The average Bonchev–Trinajstić information content (AvgIpc) is 2.58. The van der Waals surface area contributed by atoms with Crippen LogP contribution in [0, 0.1) is 31.0 Å². The first-order chi connectivity index (χ1) is 8.52. The Morgan fingerprint density at radius 2 is 2.11 bits per heavy atom. The van der Waals surface area contributed by atoms with Gasteiger partial charge in [0.15, 0.2) is 17.3 Å². The normalized spacial score (nSPS) is 10.2. The van der Waals surface area contributed by atoms with Crippen LogP contribution in [0.4, 0.5) is 4.39 Å². The number of benzene rings is 1. The molecule has 0 aliphatic heterocycles. The van der Waals surface area contributed by atoms with Crippen molar-refractivity contribution in [1.82, 2.24) is 9.78 Å². The molecule has 5 heteroatoms. The van der Waals surface area contributed by atoms with Crippen molar-refractivity contribution in [2.45, 2.75) is 13.8 Å². The summed E-state index contributed by atoms with van der Waals surface area (Å²) in [6.45, 7) is 3.64. The van der Waals surface area contributed by atoms with Crippen molar-refractivity contribution in [3.63, 3.8) is 0 Å². The zero-order valence-electron chi connectivity index (χ0n) is 10.4. The second-order valence-corrected chi connectivity index (χ2v) is 3.98. The zero-order valence-corrected chi connectivity index (χ0v) is 10.4. The molecule has 0 amide bonds. The Morgan fingerprint density at radius 3 is 2.61 bits per heavy atom. The van der Waals surface area contributed by atoms with E-state index in [9.17, 15) is 4.39 Å². The van der Waals surface area contributed by atoms with Gasteiger partial charge in [-0.1, -0.05) is 0 Å². The van der Waals surface area contributed by atoms with Crippen molar-refractivity contribution in [3.05, 3.63) is 41.0 Å². The van der Waals surface area contributed by atoms with Gasteiger partial charge in [-0.05, 0) is 32.0 Å². The fourth-order valence-corrected chi connectivity index (χ4v) is 1.66. The summed E-state index contributed by atoms with van der Waals surface area (Å²) in [6, 6.07) is 5.98. The molecule has 1 aromatic carbocycles. The molecule has 0 radical (unpaired) electrons. The topological polar surface area (TPSA) is 50.8 Å². The summed E-state index contributed by atoms with van der Waals surface area (Å²) in [5.41, 5.74) is 1.77. The molecule has 0 atom stereocenters. The number of rotatable bonds is 2. The van der Waals surface area contributed by atoms with E-state index in [4.69, 9.17) is 10.00 Å². The van der Waals surface area contributed by atoms with Crippen molar-refractivity contribution in [2.24, 2.45) is 7.05 Å². The molecule has 2 aromatic rings. The Balaban J connectivity index is 2.38. The van der Waals surface area contributed by atoms with E-state index in [-0.39, 0.29) is 11.3 Å². The molecule has 0 N–H and O–H groups in total. The molecule has 0 saturated heterocycles. The second-order valence-electron chi connectivity index (χ2n) is 3.98. The van der Waals surface area contributed by atoms with E-state index in [0.717, 1.165) is 11.8 Å². The number of hydrogen-bond acceptors (Lipinski definition) is 3. The Morgan fingerprint density at radius 1 is 1.39 bits per heavy atom. The standard InChI is InChI=1S/C13H12FN3O/c1-8-13(9(2)17(3)16-8)18-12-5-4-10(7-15)6-11(12)14/h4-6H,1-3H3. The Kier molecular flexibility index (Phi) is 3.02. The highest BCUT2D eigenvalue weighted by molar-refractivity contribution is 5.41. The number of nitriles is 1. The summed E-state index contributed by atoms with van der Waals surface area (Å²) >= 11 is 0. The van der Waals surface area contributed by atoms with Gasteiger partial charge in [0, 0.05) is 7.05 Å². The summed E-state index contributed by atoms with van der Waals surface area (Å²) in [7, 11) is 1.80. The third-order valence-corrected chi connectivity index (χ3v) is 2.72. The highest BCUT2D eigenvalue weighted by Gasteiger charge is 2.14. The molecule has 0 spiro atoms. The van der Waals surface area contributed by atoms with Crippen LogP contribution in [0.3, 0.4) is 0 Å². The van der Waals surface area contributed by atoms with Crippen LogP contribution < -0.4 is 4.74 Å². The van der Waals surface area contributed by atoms with Gasteiger partial charge in [0.25, 0.3) is 0 Å². The minimum atomic E-state index is -0.559. The molecule has 0 saturated carbocycles. The number of halogens is 1. The third kappa shape index (κ3) is 2.05. The fourth-order valence-electron chi connectivity index (χ4n) is 1.66. The van der Waals surface area contributed by atoms with E-state index in [1.165, 1.54) is 12.1 Å². The molecule has 18 heavy (non-hydrogen) atoms. The first-order valence-electron chi connectivity index (χ1n) is 5.40. The predicted octanol–water partition coefficient (Wildman–Crippen LogP) is 2.84. The van der Waals surface area contributed by atoms with Crippen molar-refractivity contribution >= 4 is 0 Å². The molecule has 0 bridgehead atoms. The fraction of sp³-hybridized carbons (Fsp3) is 0.231. The van der Waals surface area contributed by atoms with Crippen LogP contribution in [-0.4, -0.2) is 9.78 Å². The molecule has 1 aromatic heterocycles. The average molecular weight is 245 g/mol. The predicted molar refractivity (Wildman–Crippen MR) is 63.9 cm³/mol. The number of hydrogen-bond donors (Lipinski definition) is 0. The summed E-state index contributed by atoms with van der Waals surface area (Å²) in [5, 5.41) is 12.9. The van der Waals surface area contributed by atoms with Crippen LogP contribution in [0.1, 0.15) is 17.0 Å². The maximum atomic E-state index is 13.7. The molecule has 0 fully saturated rings. The molecule has 1 heterocycles. The van der Waals surface area contributed by atoms with Crippen LogP contribution in [0.25, 0.3) is 0 Å². The molecular weight excluding hydrogens is 233 g/mol. The van der Waals surface area contributed by atoms with Crippen LogP contribution in [0.15, 0.2) is 18.2 Å². The minimum absolute atomic E-state index is 0.0909. The van der Waals surface area contributed by atoms with Gasteiger partial charge in [-0.3, -0.25) is 4.68 Å². The van der Waals surface area contributed by atoms with Gasteiger partial charge in [-0.2, -0.15) is 10.4 Å². The van der Waals surface area contributed by atoms with E-state index < -0.39 is 5.82 Å². The van der Waals surface area contributed by atoms with Crippen molar-refractivity contribution in [2.75, 3.05) is 0 Å². The molecule has 4 nitrogen and oxygen atoms in total. The van der Waals surface area contributed by atoms with Gasteiger partial charge in [-0.15, -0.1) is 0 Å². The van der Waals surface area contributed by atoms with Gasteiger partial charge in [-0.25, -0.2) is 4.39 Å². The molecule has 92 valence electrons. The van der Waals surface area contributed by atoms with E-state index >= 15 is 0 Å². The van der Waals surface area contributed by atoms with Crippen LogP contribution in [0.5, 0.6) is 11.5 Å². The first-order valence-corrected chi connectivity index (χ1v) is 5.40. The van der Waals surface area contributed by atoms with Gasteiger partial charge in [0.2, 0.25) is 0 Å². The maximum Gasteiger partial charge on any atom is 0.171 e. The molecule has 2 rings (SSSR count). The van der Waals surface area contributed by atoms with E-state index in [2.05, 4.69) is 5.10 Å². The minimum Gasteiger partial charge on any atom is -0.450 e. The Labute approximate surface area is 104 Å². The van der Waals surface area contributed by atoms with Gasteiger partial charge < -0.3 is 4.74 Å². The number of aryl methyl sites for hydroxylation is 2. The lowest BCUT2D eigenvalue weighted by atomic mass is 10.2. The summed E-state index contributed by atoms with van der Waals surface area (Å²) in [5.74, 6) is 0.0750. The number of ether oxygens (including phenoxy) is 1. The summed E-state index contributed by atoms with van der Waals surface area (Å²) in [6.07, 6.45) is 0. The monoisotopic (exact) mass is 245 g/mol. The summed E-state index contributed by atoms with van der Waals surface area (Å²) in [4.78, 5) is 0. The van der Waals surface area contributed by atoms with E-state index in [0.29, 0.717) is 11.4 Å². The Hall–Kier alpha value is -2.35. The van der Waals surface area contributed by atoms with Gasteiger partial charge >= 0.3 is 0 Å². The third-order valence-electron chi connectivity index (χ3n) is 2.72. The molecule has 0 aliphatic rings. The van der Waals surface area contributed by atoms with Gasteiger partial charge in [0.05, 0.1) is 17.3 Å². The van der Waals surface area contributed by atoms with Crippen molar-refractivity contribution in [3.8, 4) is 17.6 Å². The molecule has 0 unspecified atom stereocenters. The van der Waals surface area contributed by atoms with Crippen LogP contribution >= 0.6 is 0 Å². The number of aromatic nitrogens is 2.